The lowest BCUT2D eigenvalue weighted by molar-refractivity contribution is 0.258. The van der Waals surface area contributed by atoms with E-state index >= 15 is 0 Å². The van der Waals surface area contributed by atoms with E-state index in [1.807, 2.05) is 31.2 Å². The van der Waals surface area contributed by atoms with Gasteiger partial charge in [-0.1, -0.05) is 18.3 Å². The Bertz CT molecular complexity index is 935. The Morgan fingerprint density at radius 1 is 1.25 bits per heavy atom. The van der Waals surface area contributed by atoms with Gasteiger partial charge in [-0.25, -0.2) is 22.9 Å². The summed E-state index contributed by atoms with van der Waals surface area (Å²) >= 11 is 0.979. The molecule has 8 nitrogen and oxygen atoms in total. The zero-order chi connectivity index (χ0) is 20.3. The molecule has 0 radical (unpaired) electrons. The fourth-order valence-electron chi connectivity index (χ4n) is 3.02. The van der Waals surface area contributed by atoms with Crippen LogP contribution >= 0.6 is 11.3 Å². The second kappa shape index (κ2) is 8.46. The SMILES string of the molecule is CCc1nc(N(C)C(=O)Nc2ccc(N3CCCC3)cc2)sc1S(=O)(=O)NC. The number of nitrogens with zero attached hydrogens (tertiary/aromatic N) is 3. The van der Waals surface area contributed by atoms with Gasteiger partial charge < -0.3 is 10.2 Å². The van der Waals surface area contributed by atoms with Crippen molar-refractivity contribution < 1.29 is 13.2 Å². The predicted octanol–water partition coefficient (Wildman–Crippen LogP) is 2.88. The van der Waals surface area contributed by atoms with E-state index < -0.39 is 10.0 Å². The van der Waals surface area contributed by atoms with Crippen LogP contribution in [0.5, 0.6) is 0 Å². The van der Waals surface area contributed by atoms with E-state index in [1.165, 1.54) is 24.8 Å². The molecule has 10 heteroatoms. The highest BCUT2D eigenvalue weighted by Gasteiger charge is 2.25. The summed E-state index contributed by atoms with van der Waals surface area (Å²) in [6, 6.07) is 7.36. The maximum atomic E-state index is 12.6. The van der Waals surface area contributed by atoms with Gasteiger partial charge in [-0.2, -0.15) is 0 Å². The first-order valence-electron chi connectivity index (χ1n) is 9.18. The summed E-state index contributed by atoms with van der Waals surface area (Å²) in [6.45, 7) is 3.96. The number of rotatable bonds is 6. The maximum absolute atomic E-state index is 12.6. The van der Waals surface area contributed by atoms with E-state index in [4.69, 9.17) is 0 Å². The molecule has 1 saturated heterocycles. The van der Waals surface area contributed by atoms with Gasteiger partial charge in [0.05, 0.1) is 5.69 Å². The van der Waals surface area contributed by atoms with Crippen LogP contribution in [0.4, 0.5) is 21.3 Å². The summed E-state index contributed by atoms with van der Waals surface area (Å²) in [5, 5.41) is 3.16. The quantitative estimate of drug-likeness (QED) is 0.745. The molecule has 2 heterocycles. The van der Waals surface area contributed by atoms with Crippen LogP contribution in [0, 0.1) is 0 Å². The third-order valence-corrected chi connectivity index (χ3v) is 7.82. The number of nitrogens with one attached hydrogen (secondary N) is 2. The number of benzene rings is 1. The minimum Gasteiger partial charge on any atom is -0.372 e. The number of hydrogen-bond donors (Lipinski definition) is 2. The van der Waals surface area contributed by atoms with Crippen LogP contribution in [0.1, 0.15) is 25.5 Å². The minimum atomic E-state index is -3.61. The van der Waals surface area contributed by atoms with Crippen molar-refractivity contribution in [3.05, 3.63) is 30.0 Å². The number of aryl methyl sites for hydroxylation is 1. The Morgan fingerprint density at radius 3 is 2.46 bits per heavy atom. The largest absolute Gasteiger partial charge is 0.372 e. The lowest BCUT2D eigenvalue weighted by Gasteiger charge is -2.18. The molecule has 0 spiro atoms. The summed E-state index contributed by atoms with van der Waals surface area (Å²) in [7, 11) is -0.679. The molecule has 28 heavy (non-hydrogen) atoms. The number of anilines is 3. The normalized spacial score (nSPS) is 14.3. The molecule has 2 amide bonds. The van der Waals surface area contributed by atoms with Crippen LogP contribution in [-0.4, -0.2) is 46.6 Å². The zero-order valence-corrected chi connectivity index (χ0v) is 17.9. The van der Waals surface area contributed by atoms with E-state index in [9.17, 15) is 13.2 Å². The first-order chi connectivity index (χ1) is 13.4. The van der Waals surface area contributed by atoms with E-state index in [1.54, 1.807) is 7.05 Å². The summed E-state index contributed by atoms with van der Waals surface area (Å²) in [5.74, 6) is 0. The van der Waals surface area contributed by atoms with E-state index in [0.717, 1.165) is 30.1 Å². The molecule has 1 aliphatic rings. The number of amides is 2. The molecular weight excluding hydrogens is 398 g/mol. The Hall–Kier alpha value is -2.17. The summed E-state index contributed by atoms with van der Waals surface area (Å²) < 4.78 is 26.8. The Morgan fingerprint density at radius 2 is 1.89 bits per heavy atom. The number of carbonyl (C=O) groups excluding carboxylic acids is 1. The topological polar surface area (TPSA) is 94.6 Å². The number of carbonyl (C=O) groups is 1. The van der Waals surface area contributed by atoms with Crippen LogP contribution in [-0.2, 0) is 16.4 Å². The smallest absolute Gasteiger partial charge is 0.327 e. The molecule has 2 aromatic rings. The molecule has 0 aliphatic carbocycles. The standard InChI is InChI=1S/C18H25N5O3S2/c1-4-15-16(28(25,26)19-2)27-18(21-15)22(3)17(24)20-13-7-9-14(10-8-13)23-11-5-6-12-23/h7-10,19H,4-6,11-12H2,1-3H3,(H,20,24). The average Bonchev–Trinajstić information content (AvgIpc) is 3.38. The van der Waals surface area contributed by atoms with E-state index in [-0.39, 0.29) is 10.2 Å². The Labute approximate surface area is 169 Å². The average molecular weight is 424 g/mol. The van der Waals surface area contributed by atoms with Gasteiger partial charge >= 0.3 is 6.03 Å². The molecule has 1 aromatic carbocycles. The van der Waals surface area contributed by atoms with Gasteiger partial charge in [0, 0.05) is 31.5 Å². The molecule has 1 aliphatic heterocycles. The van der Waals surface area contributed by atoms with Crippen molar-refractivity contribution in [2.24, 2.45) is 0 Å². The van der Waals surface area contributed by atoms with Crippen molar-refractivity contribution in [1.82, 2.24) is 9.71 Å². The summed E-state index contributed by atoms with van der Waals surface area (Å²) in [4.78, 5) is 20.6. The lowest BCUT2D eigenvalue weighted by Crippen LogP contribution is -2.31. The van der Waals surface area contributed by atoms with Gasteiger partial charge in [0.2, 0.25) is 0 Å². The molecule has 0 bridgehead atoms. The molecule has 2 N–H and O–H groups in total. The highest BCUT2D eigenvalue weighted by Crippen LogP contribution is 2.30. The van der Waals surface area contributed by atoms with Crippen molar-refractivity contribution >= 4 is 43.9 Å². The molecular formula is C18H25N5O3S2. The van der Waals surface area contributed by atoms with Gasteiger partial charge in [0.15, 0.2) is 9.34 Å². The Kier molecular flexibility index (Phi) is 6.21. The van der Waals surface area contributed by atoms with E-state index in [2.05, 4.69) is 19.9 Å². The van der Waals surface area contributed by atoms with Crippen LogP contribution in [0.2, 0.25) is 0 Å². The number of urea groups is 1. The molecule has 0 unspecified atom stereocenters. The van der Waals surface area contributed by atoms with E-state index in [0.29, 0.717) is 22.9 Å². The van der Waals surface area contributed by atoms with Crippen molar-refractivity contribution in [3.63, 3.8) is 0 Å². The number of sulfonamides is 1. The summed E-state index contributed by atoms with van der Waals surface area (Å²) in [6.07, 6.45) is 2.88. The molecule has 1 aromatic heterocycles. The third kappa shape index (κ3) is 4.29. The minimum absolute atomic E-state index is 0.141. The van der Waals surface area contributed by atoms with Crippen molar-refractivity contribution in [2.75, 3.05) is 42.3 Å². The van der Waals surface area contributed by atoms with Gasteiger partial charge in [-0.05, 0) is 50.6 Å². The molecule has 1 fully saturated rings. The van der Waals surface area contributed by atoms with Gasteiger partial charge in [0.1, 0.15) is 0 Å². The van der Waals surface area contributed by atoms with Crippen molar-refractivity contribution in [3.8, 4) is 0 Å². The highest BCUT2D eigenvalue weighted by atomic mass is 32.2. The first kappa shape index (κ1) is 20.6. The lowest BCUT2D eigenvalue weighted by atomic mass is 10.2. The Balaban J connectivity index is 1.72. The molecule has 0 saturated carbocycles. The van der Waals surface area contributed by atoms with Crippen LogP contribution in [0.3, 0.4) is 0 Å². The molecule has 152 valence electrons. The van der Waals surface area contributed by atoms with Crippen LogP contribution in [0.25, 0.3) is 0 Å². The van der Waals surface area contributed by atoms with Gasteiger partial charge in [-0.3, -0.25) is 4.90 Å². The third-order valence-electron chi connectivity index (χ3n) is 4.68. The number of thiazole rings is 1. The summed E-state index contributed by atoms with van der Waals surface area (Å²) in [5.41, 5.74) is 2.28. The molecule has 3 rings (SSSR count). The second-order valence-corrected chi connectivity index (χ2v) is 9.58. The monoisotopic (exact) mass is 423 g/mol. The number of aromatic nitrogens is 1. The zero-order valence-electron chi connectivity index (χ0n) is 16.2. The fraction of sp³-hybridized carbons (Fsp3) is 0.444. The highest BCUT2D eigenvalue weighted by molar-refractivity contribution is 7.91. The maximum Gasteiger partial charge on any atom is 0.327 e. The van der Waals surface area contributed by atoms with Gasteiger partial charge in [-0.15, -0.1) is 0 Å². The van der Waals surface area contributed by atoms with Gasteiger partial charge in [0.25, 0.3) is 10.0 Å². The molecule has 0 atom stereocenters. The van der Waals surface area contributed by atoms with Crippen molar-refractivity contribution in [2.45, 2.75) is 30.4 Å². The van der Waals surface area contributed by atoms with Crippen LogP contribution < -0.4 is 19.8 Å². The second-order valence-electron chi connectivity index (χ2n) is 6.52. The van der Waals surface area contributed by atoms with Crippen LogP contribution in [0.15, 0.2) is 28.5 Å². The first-order valence-corrected chi connectivity index (χ1v) is 11.5. The van der Waals surface area contributed by atoms with Crippen molar-refractivity contribution in [1.29, 1.82) is 0 Å². The predicted molar refractivity (Wildman–Crippen MR) is 113 cm³/mol. The fourth-order valence-corrected chi connectivity index (χ4v) is 5.47. The number of hydrogen-bond acceptors (Lipinski definition) is 6.